The molecule has 6 nitrogen and oxygen atoms in total. The summed E-state index contributed by atoms with van der Waals surface area (Å²) in [6, 6.07) is 0. The minimum absolute atomic E-state index is 0.130. The summed E-state index contributed by atoms with van der Waals surface area (Å²) in [7, 11) is 1.78. The molecule has 0 radical (unpaired) electrons. The number of carbonyl (C=O) groups excluding carboxylic acids is 1. The van der Waals surface area contributed by atoms with E-state index in [0.29, 0.717) is 17.9 Å². The van der Waals surface area contributed by atoms with Gasteiger partial charge >= 0.3 is 0 Å². The Balaban J connectivity index is 1.54. The number of pyridine rings is 1. The SMILES string of the molecule is Cc1c(Br)cncc1N1CCC2(CC1)CC(=O)c1c(cnn1C)O2. The van der Waals surface area contributed by atoms with Crippen LogP contribution in [-0.2, 0) is 7.05 Å². The van der Waals surface area contributed by atoms with E-state index >= 15 is 0 Å². The van der Waals surface area contributed by atoms with Crippen molar-refractivity contribution in [1.82, 2.24) is 14.8 Å². The Kier molecular flexibility index (Phi) is 3.63. The van der Waals surface area contributed by atoms with Gasteiger partial charge in [-0.2, -0.15) is 5.10 Å². The molecular weight excluding hydrogens is 372 g/mol. The summed E-state index contributed by atoms with van der Waals surface area (Å²) < 4.78 is 8.86. The van der Waals surface area contributed by atoms with Crippen LogP contribution in [0.15, 0.2) is 23.1 Å². The van der Waals surface area contributed by atoms with E-state index in [1.54, 1.807) is 17.9 Å². The van der Waals surface area contributed by atoms with Gasteiger partial charge in [0.25, 0.3) is 0 Å². The average molecular weight is 391 g/mol. The van der Waals surface area contributed by atoms with E-state index in [0.717, 1.165) is 36.1 Å². The van der Waals surface area contributed by atoms with E-state index < -0.39 is 5.60 Å². The smallest absolute Gasteiger partial charge is 0.188 e. The first-order valence-electron chi connectivity index (χ1n) is 8.08. The topological polar surface area (TPSA) is 60.2 Å². The van der Waals surface area contributed by atoms with Gasteiger partial charge in [-0.05, 0) is 28.4 Å². The summed E-state index contributed by atoms with van der Waals surface area (Å²) >= 11 is 3.54. The van der Waals surface area contributed by atoms with Crippen LogP contribution < -0.4 is 9.64 Å². The van der Waals surface area contributed by atoms with E-state index in [4.69, 9.17) is 4.74 Å². The van der Waals surface area contributed by atoms with Crippen molar-refractivity contribution >= 4 is 27.4 Å². The lowest BCUT2D eigenvalue weighted by Gasteiger charge is -2.44. The van der Waals surface area contributed by atoms with Crippen LogP contribution in [0.1, 0.15) is 35.3 Å². The van der Waals surface area contributed by atoms with Crippen LogP contribution in [0.2, 0.25) is 0 Å². The molecule has 2 aromatic heterocycles. The molecule has 1 spiro atoms. The first-order chi connectivity index (χ1) is 11.5. The van der Waals surface area contributed by atoms with Crippen LogP contribution >= 0.6 is 15.9 Å². The van der Waals surface area contributed by atoms with Crippen LogP contribution in [0, 0.1) is 6.92 Å². The fourth-order valence-corrected chi connectivity index (χ4v) is 4.02. The van der Waals surface area contributed by atoms with Crippen LogP contribution in [-0.4, -0.2) is 39.2 Å². The Bertz CT molecular complexity index is 809. The number of ether oxygens (including phenoxy) is 1. The van der Waals surface area contributed by atoms with Crippen molar-refractivity contribution in [3.63, 3.8) is 0 Å². The van der Waals surface area contributed by atoms with Crippen molar-refractivity contribution in [2.75, 3.05) is 18.0 Å². The summed E-state index contributed by atoms with van der Waals surface area (Å²) in [6.45, 7) is 3.79. The first kappa shape index (κ1) is 15.6. The van der Waals surface area contributed by atoms with Gasteiger partial charge in [0.15, 0.2) is 11.5 Å². The zero-order valence-corrected chi connectivity index (χ0v) is 15.3. The number of hydrogen-bond donors (Lipinski definition) is 0. The molecule has 4 rings (SSSR count). The van der Waals surface area contributed by atoms with Crippen molar-refractivity contribution in [3.8, 4) is 5.75 Å². The number of carbonyl (C=O) groups is 1. The third-order valence-corrected chi connectivity index (χ3v) is 5.92. The van der Waals surface area contributed by atoms with Gasteiger partial charge in [-0.25, -0.2) is 0 Å². The molecule has 2 aliphatic heterocycles. The summed E-state index contributed by atoms with van der Waals surface area (Å²) in [4.78, 5) is 19.1. The van der Waals surface area contributed by atoms with Crippen molar-refractivity contribution in [2.45, 2.75) is 31.8 Å². The maximum atomic E-state index is 12.5. The molecule has 0 saturated carbocycles. The molecule has 0 N–H and O–H groups in total. The number of aryl methyl sites for hydroxylation is 1. The third kappa shape index (κ3) is 2.42. The van der Waals surface area contributed by atoms with Crippen LogP contribution in [0.3, 0.4) is 0 Å². The van der Waals surface area contributed by atoms with E-state index in [2.05, 4.69) is 37.8 Å². The van der Waals surface area contributed by atoms with Gasteiger partial charge in [0.05, 0.1) is 24.5 Å². The second kappa shape index (κ2) is 5.58. The number of piperidine rings is 1. The molecule has 1 fully saturated rings. The number of hydrogen-bond acceptors (Lipinski definition) is 5. The summed E-state index contributed by atoms with van der Waals surface area (Å²) in [5, 5.41) is 4.16. The van der Waals surface area contributed by atoms with Gasteiger partial charge < -0.3 is 9.64 Å². The number of anilines is 1. The van der Waals surface area contributed by atoms with Crippen molar-refractivity contribution < 1.29 is 9.53 Å². The molecule has 0 amide bonds. The predicted octanol–water partition coefficient (Wildman–Crippen LogP) is 2.89. The molecule has 126 valence electrons. The highest BCUT2D eigenvalue weighted by Crippen LogP contribution is 2.40. The molecule has 1 saturated heterocycles. The predicted molar refractivity (Wildman–Crippen MR) is 93.6 cm³/mol. The van der Waals surface area contributed by atoms with E-state index in [1.807, 2.05) is 12.4 Å². The molecule has 0 atom stereocenters. The molecule has 24 heavy (non-hydrogen) atoms. The van der Waals surface area contributed by atoms with Gasteiger partial charge in [-0.1, -0.05) is 0 Å². The number of halogens is 1. The van der Waals surface area contributed by atoms with Crippen LogP contribution in [0.5, 0.6) is 5.75 Å². The highest BCUT2D eigenvalue weighted by molar-refractivity contribution is 9.10. The molecule has 0 unspecified atom stereocenters. The highest BCUT2D eigenvalue weighted by Gasteiger charge is 2.44. The largest absolute Gasteiger partial charge is 0.483 e. The monoisotopic (exact) mass is 390 g/mol. The lowest BCUT2D eigenvalue weighted by molar-refractivity contribution is 0.0225. The number of fused-ring (bicyclic) bond motifs is 1. The maximum Gasteiger partial charge on any atom is 0.188 e. The fraction of sp³-hybridized carbons (Fsp3) is 0.471. The highest BCUT2D eigenvalue weighted by atomic mass is 79.9. The van der Waals surface area contributed by atoms with E-state index in [1.165, 1.54) is 5.56 Å². The van der Waals surface area contributed by atoms with Crippen molar-refractivity contribution in [3.05, 3.63) is 34.3 Å². The van der Waals surface area contributed by atoms with Crippen molar-refractivity contribution in [2.24, 2.45) is 7.05 Å². The molecule has 0 bridgehead atoms. The first-order valence-corrected chi connectivity index (χ1v) is 8.88. The van der Waals surface area contributed by atoms with Crippen molar-refractivity contribution in [1.29, 1.82) is 0 Å². The number of aromatic nitrogens is 3. The molecule has 7 heteroatoms. The average Bonchev–Trinajstić information content (AvgIpc) is 2.92. The molecule has 2 aliphatic rings. The van der Waals surface area contributed by atoms with Gasteiger partial charge in [0, 0.05) is 43.6 Å². The molecule has 4 heterocycles. The second-order valence-electron chi connectivity index (χ2n) is 6.62. The Hall–Kier alpha value is -1.89. The normalized spacial score (nSPS) is 19.3. The molecule has 0 aliphatic carbocycles. The Morgan fingerprint density at radius 3 is 2.75 bits per heavy atom. The number of nitrogens with zero attached hydrogens (tertiary/aromatic N) is 4. The third-order valence-electron chi connectivity index (χ3n) is 5.12. The lowest BCUT2D eigenvalue weighted by Crippen LogP contribution is -2.51. The summed E-state index contributed by atoms with van der Waals surface area (Å²) in [6.07, 6.45) is 7.45. The van der Waals surface area contributed by atoms with Gasteiger partial charge in [0.2, 0.25) is 0 Å². The minimum Gasteiger partial charge on any atom is -0.483 e. The Morgan fingerprint density at radius 2 is 2.00 bits per heavy atom. The van der Waals surface area contributed by atoms with Crippen LogP contribution in [0.25, 0.3) is 0 Å². The zero-order valence-electron chi connectivity index (χ0n) is 13.8. The molecule has 0 aromatic carbocycles. The van der Waals surface area contributed by atoms with E-state index in [-0.39, 0.29) is 5.78 Å². The summed E-state index contributed by atoms with van der Waals surface area (Å²) in [5.41, 5.74) is 2.53. The lowest BCUT2D eigenvalue weighted by atomic mass is 9.83. The molecule has 2 aromatic rings. The number of ketones is 1. The molecular formula is C17H19BrN4O2. The zero-order chi connectivity index (χ0) is 16.9. The van der Waals surface area contributed by atoms with Gasteiger partial charge in [-0.15, -0.1) is 0 Å². The van der Waals surface area contributed by atoms with E-state index in [9.17, 15) is 4.79 Å². The van der Waals surface area contributed by atoms with Gasteiger partial charge in [0.1, 0.15) is 11.3 Å². The fourth-order valence-electron chi connectivity index (χ4n) is 3.70. The quantitative estimate of drug-likeness (QED) is 0.748. The standard InChI is InChI=1S/C17H19BrN4O2/c1-11-12(18)8-19-9-13(11)22-5-3-17(4-6-22)7-14(23)16-15(24-17)10-20-21(16)2/h8-10H,3-7H2,1-2H3. The van der Waals surface area contributed by atoms with Crippen LogP contribution in [0.4, 0.5) is 5.69 Å². The minimum atomic E-state index is -0.392. The summed E-state index contributed by atoms with van der Waals surface area (Å²) in [5.74, 6) is 0.757. The van der Waals surface area contributed by atoms with Gasteiger partial charge in [-0.3, -0.25) is 14.5 Å². The second-order valence-corrected chi connectivity index (χ2v) is 7.47. The number of rotatable bonds is 1. The number of Topliss-reactive ketones (excluding diaryl/α,β-unsaturated/α-hetero) is 1. The Labute approximate surface area is 148 Å². The Morgan fingerprint density at radius 1 is 1.25 bits per heavy atom. The maximum absolute atomic E-state index is 12.5.